The number of carbonyl (C=O) groups excluding carboxylic acids is 1. The van der Waals surface area contributed by atoms with E-state index in [1.807, 2.05) is 0 Å². The largest absolute Gasteiger partial charge is 0.462 e. The third kappa shape index (κ3) is 10.6. The van der Waals surface area contributed by atoms with Gasteiger partial charge in [0.05, 0.1) is 0 Å². The molecule has 1 aliphatic rings. The van der Waals surface area contributed by atoms with E-state index in [2.05, 4.69) is 19.1 Å². The number of hydrogen-bond donors (Lipinski definition) is 0. The zero-order chi connectivity index (χ0) is 15.2. The van der Waals surface area contributed by atoms with E-state index in [1.165, 1.54) is 64.2 Å². The van der Waals surface area contributed by atoms with Crippen molar-refractivity contribution in [3.8, 4) is 0 Å². The lowest BCUT2D eigenvalue weighted by atomic mass is 10.1. The Labute approximate surface area is 131 Å². The maximum Gasteiger partial charge on any atom is 0.306 e. The monoisotopic (exact) mass is 294 g/mol. The molecule has 0 aromatic rings. The maximum absolute atomic E-state index is 11.8. The van der Waals surface area contributed by atoms with Crippen molar-refractivity contribution in [3.05, 3.63) is 12.2 Å². The fourth-order valence-electron chi connectivity index (χ4n) is 2.88. The van der Waals surface area contributed by atoms with E-state index < -0.39 is 0 Å². The smallest absolute Gasteiger partial charge is 0.306 e. The minimum absolute atomic E-state index is 0.0194. The van der Waals surface area contributed by atoms with Gasteiger partial charge in [-0.2, -0.15) is 0 Å². The van der Waals surface area contributed by atoms with Crippen LogP contribution >= 0.6 is 0 Å². The molecule has 1 rings (SSSR count). The van der Waals surface area contributed by atoms with Gasteiger partial charge in [-0.1, -0.05) is 51.2 Å². The highest BCUT2D eigenvalue weighted by Crippen LogP contribution is 2.15. The molecule has 1 aliphatic heterocycles. The Morgan fingerprint density at radius 2 is 1.48 bits per heavy atom. The number of allylic oxidation sites excluding steroid dienone is 2. The van der Waals surface area contributed by atoms with Crippen molar-refractivity contribution in [1.82, 2.24) is 0 Å². The standard InChI is InChI=1S/C19H34O2/c1-2-18-16-14-12-10-8-6-4-3-5-7-9-11-13-15-17-19(20)21-18/h4,6,18H,2-3,5,7-17H2,1H3/b6-4-. The Morgan fingerprint density at radius 1 is 0.905 bits per heavy atom. The molecule has 0 bridgehead atoms. The van der Waals surface area contributed by atoms with E-state index in [9.17, 15) is 4.79 Å². The highest BCUT2D eigenvalue weighted by Gasteiger charge is 2.11. The number of hydrogen-bond acceptors (Lipinski definition) is 2. The number of esters is 1. The SMILES string of the molecule is CCC1CCCCC/C=C\CCCCCCCCC(=O)O1. The first-order chi connectivity index (χ1) is 10.3. The van der Waals surface area contributed by atoms with Crippen molar-refractivity contribution >= 4 is 5.97 Å². The molecular weight excluding hydrogens is 260 g/mol. The predicted molar refractivity (Wildman–Crippen MR) is 89.3 cm³/mol. The van der Waals surface area contributed by atoms with Crippen LogP contribution in [0.2, 0.25) is 0 Å². The summed E-state index contributed by atoms with van der Waals surface area (Å²) in [5, 5.41) is 0. The average Bonchev–Trinajstić information content (AvgIpc) is 2.49. The van der Waals surface area contributed by atoms with Crippen LogP contribution < -0.4 is 0 Å². The van der Waals surface area contributed by atoms with Crippen LogP contribution in [0.15, 0.2) is 12.2 Å². The first-order valence-electron chi connectivity index (χ1n) is 9.17. The number of cyclic esters (lactones) is 1. The lowest BCUT2D eigenvalue weighted by Gasteiger charge is -2.16. The Kier molecular flexibility index (Phi) is 11.2. The third-order valence-corrected chi connectivity index (χ3v) is 4.32. The van der Waals surface area contributed by atoms with E-state index >= 15 is 0 Å². The number of rotatable bonds is 1. The van der Waals surface area contributed by atoms with E-state index in [0.29, 0.717) is 6.42 Å². The van der Waals surface area contributed by atoms with Crippen molar-refractivity contribution in [2.75, 3.05) is 0 Å². The van der Waals surface area contributed by atoms with Gasteiger partial charge < -0.3 is 4.74 Å². The van der Waals surface area contributed by atoms with Gasteiger partial charge in [-0.25, -0.2) is 0 Å². The lowest BCUT2D eigenvalue weighted by molar-refractivity contribution is -0.149. The molecule has 1 unspecified atom stereocenters. The van der Waals surface area contributed by atoms with Gasteiger partial charge in [0.2, 0.25) is 0 Å². The number of ether oxygens (including phenoxy) is 1. The Morgan fingerprint density at radius 3 is 2.14 bits per heavy atom. The minimum Gasteiger partial charge on any atom is -0.462 e. The molecule has 0 radical (unpaired) electrons. The molecule has 1 heterocycles. The molecule has 21 heavy (non-hydrogen) atoms. The molecule has 0 saturated heterocycles. The summed E-state index contributed by atoms with van der Waals surface area (Å²) in [6, 6.07) is 0. The molecule has 122 valence electrons. The summed E-state index contributed by atoms with van der Waals surface area (Å²) in [4.78, 5) is 11.8. The fraction of sp³-hybridized carbons (Fsp3) is 0.842. The zero-order valence-corrected chi connectivity index (χ0v) is 13.9. The Bertz CT molecular complexity index is 283. The fourth-order valence-corrected chi connectivity index (χ4v) is 2.88. The van der Waals surface area contributed by atoms with E-state index in [0.717, 1.165) is 19.3 Å². The summed E-state index contributed by atoms with van der Waals surface area (Å²) in [6.07, 6.45) is 21.0. The van der Waals surface area contributed by atoms with Crippen LogP contribution in [-0.2, 0) is 9.53 Å². The minimum atomic E-state index is 0.0194. The van der Waals surface area contributed by atoms with Gasteiger partial charge in [-0.15, -0.1) is 0 Å². The van der Waals surface area contributed by atoms with E-state index in [1.54, 1.807) is 0 Å². The molecule has 0 aliphatic carbocycles. The molecule has 0 aromatic carbocycles. The summed E-state index contributed by atoms with van der Waals surface area (Å²) in [6.45, 7) is 2.12. The Hall–Kier alpha value is -0.790. The van der Waals surface area contributed by atoms with Crippen LogP contribution in [0.1, 0.15) is 96.8 Å². The second kappa shape index (κ2) is 12.9. The molecule has 0 amide bonds. The molecule has 0 spiro atoms. The highest BCUT2D eigenvalue weighted by atomic mass is 16.5. The van der Waals surface area contributed by atoms with Crippen LogP contribution in [0.25, 0.3) is 0 Å². The first-order valence-corrected chi connectivity index (χ1v) is 9.17. The van der Waals surface area contributed by atoms with Crippen LogP contribution in [0.4, 0.5) is 0 Å². The Balaban J connectivity index is 2.31. The van der Waals surface area contributed by atoms with Crippen molar-refractivity contribution < 1.29 is 9.53 Å². The van der Waals surface area contributed by atoms with E-state index in [4.69, 9.17) is 4.74 Å². The molecule has 0 N–H and O–H groups in total. The van der Waals surface area contributed by atoms with Crippen molar-refractivity contribution in [2.45, 2.75) is 103 Å². The molecule has 2 heteroatoms. The van der Waals surface area contributed by atoms with Gasteiger partial charge >= 0.3 is 5.97 Å². The van der Waals surface area contributed by atoms with Crippen LogP contribution in [0.3, 0.4) is 0 Å². The van der Waals surface area contributed by atoms with Gasteiger partial charge in [0.15, 0.2) is 0 Å². The summed E-state index contributed by atoms with van der Waals surface area (Å²) < 4.78 is 5.59. The summed E-state index contributed by atoms with van der Waals surface area (Å²) in [7, 11) is 0. The lowest BCUT2D eigenvalue weighted by Crippen LogP contribution is -2.17. The number of carbonyl (C=O) groups is 1. The molecule has 2 nitrogen and oxygen atoms in total. The third-order valence-electron chi connectivity index (χ3n) is 4.32. The molecule has 0 saturated carbocycles. The normalized spacial score (nSPS) is 26.3. The van der Waals surface area contributed by atoms with Gasteiger partial charge in [0.25, 0.3) is 0 Å². The zero-order valence-electron chi connectivity index (χ0n) is 13.9. The van der Waals surface area contributed by atoms with Crippen molar-refractivity contribution in [3.63, 3.8) is 0 Å². The predicted octanol–water partition coefficient (Wildman–Crippen LogP) is 5.95. The first kappa shape index (κ1) is 18.3. The van der Waals surface area contributed by atoms with Crippen molar-refractivity contribution in [1.29, 1.82) is 0 Å². The van der Waals surface area contributed by atoms with Crippen molar-refractivity contribution in [2.24, 2.45) is 0 Å². The van der Waals surface area contributed by atoms with Gasteiger partial charge in [0.1, 0.15) is 6.10 Å². The van der Waals surface area contributed by atoms with Gasteiger partial charge in [-0.05, 0) is 51.4 Å². The summed E-state index contributed by atoms with van der Waals surface area (Å²) in [5.41, 5.74) is 0. The second-order valence-electron chi connectivity index (χ2n) is 6.29. The van der Waals surface area contributed by atoms with Crippen LogP contribution in [-0.4, -0.2) is 12.1 Å². The van der Waals surface area contributed by atoms with Crippen LogP contribution in [0.5, 0.6) is 0 Å². The second-order valence-corrected chi connectivity index (χ2v) is 6.29. The highest BCUT2D eigenvalue weighted by molar-refractivity contribution is 5.69. The maximum atomic E-state index is 11.8. The molecule has 0 fully saturated rings. The van der Waals surface area contributed by atoms with Gasteiger partial charge in [0, 0.05) is 6.42 Å². The topological polar surface area (TPSA) is 26.3 Å². The van der Waals surface area contributed by atoms with Crippen LogP contribution in [0, 0.1) is 0 Å². The summed E-state index contributed by atoms with van der Waals surface area (Å²) >= 11 is 0. The molecular formula is C19H34O2. The molecule has 1 atom stereocenters. The summed E-state index contributed by atoms with van der Waals surface area (Å²) in [5.74, 6) is 0.0194. The molecule has 0 aromatic heterocycles. The van der Waals surface area contributed by atoms with E-state index in [-0.39, 0.29) is 12.1 Å². The van der Waals surface area contributed by atoms with Gasteiger partial charge in [-0.3, -0.25) is 4.79 Å². The quantitative estimate of drug-likeness (QED) is 0.441. The average molecular weight is 294 g/mol.